The number of nitrogens with two attached hydrogens (primary N) is 1. The average Bonchev–Trinajstić information content (AvgIpc) is 2.51. The third-order valence-corrected chi connectivity index (χ3v) is 2.83. The Kier molecular flexibility index (Phi) is 2.40. The van der Waals surface area contributed by atoms with Crippen LogP contribution in [0.4, 0.5) is 0 Å². The molecular formula is C9H17N3O. The monoisotopic (exact) mass is 183 g/mol. The van der Waals surface area contributed by atoms with Crippen molar-refractivity contribution in [1.82, 2.24) is 4.90 Å². The van der Waals surface area contributed by atoms with Crippen LogP contribution in [-0.2, 0) is 0 Å². The van der Waals surface area contributed by atoms with Crippen LogP contribution >= 0.6 is 0 Å². The van der Waals surface area contributed by atoms with Crippen LogP contribution in [0.5, 0.6) is 0 Å². The van der Waals surface area contributed by atoms with Crippen molar-refractivity contribution in [3.05, 3.63) is 0 Å². The fourth-order valence-electron chi connectivity index (χ4n) is 1.94. The molecule has 2 aliphatic rings. The van der Waals surface area contributed by atoms with Gasteiger partial charge in [-0.2, -0.15) is 0 Å². The Morgan fingerprint density at radius 3 is 2.46 bits per heavy atom. The van der Waals surface area contributed by atoms with Crippen LogP contribution in [0.2, 0.25) is 0 Å². The molecule has 2 fully saturated rings. The third-order valence-electron chi connectivity index (χ3n) is 2.83. The van der Waals surface area contributed by atoms with Crippen LogP contribution in [0.3, 0.4) is 0 Å². The number of guanidine groups is 1. The molecule has 2 rings (SSSR count). The number of hydrogen-bond donors (Lipinski definition) is 2. The van der Waals surface area contributed by atoms with E-state index in [9.17, 15) is 0 Å². The zero-order valence-electron chi connectivity index (χ0n) is 7.82. The van der Waals surface area contributed by atoms with E-state index in [1.54, 1.807) is 0 Å². The fraction of sp³-hybridized carbons (Fsp3) is 0.889. The van der Waals surface area contributed by atoms with Crippen LogP contribution in [0.25, 0.3) is 0 Å². The molecule has 0 amide bonds. The van der Waals surface area contributed by atoms with Gasteiger partial charge in [-0.1, -0.05) is 12.8 Å². The van der Waals surface area contributed by atoms with Gasteiger partial charge < -0.3 is 15.7 Å². The lowest BCUT2D eigenvalue weighted by molar-refractivity contribution is 0.0455. The molecule has 0 spiro atoms. The Morgan fingerprint density at radius 1 is 1.31 bits per heavy atom. The smallest absolute Gasteiger partial charge is 0.191 e. The molecule has 1 heterocycles. The molecule has 74 valence electrons. The van der Waals surface area contributed by atoms with Gasteiger partial charge in [-0.25, -0.2) is 4.99 Å². The van der Waals surface area contributed by atoms with Gasteiger partial charge in [0.25, 0.3) is 0 Å². The molecule has 3 N–H and O–H groups in total. The van der Waals surface area contributed by atoms with Crippen LogP contribution < -0.4 is 5.73 Å². The standard InChI is InChI=1S/C9H17N3O/c10-9(12-5-8(13)6-12)11-7-3-1-2-4-7/h7-8,13H,1-6H2,(H2,10,11). The van der Waals surface area contributed by atoms with Crippen LogP contribution in [-0.4, -0.2) is 41.2 Å². The maximum atomic E-state index is 9.08. The van der Waals surface area contributed by atoms with E-state index >= 15 is 0 Å². The van der Waals surface area contributed by atoms with E-state index in [-0.39, 0.29) is 6.10 Å². The summed E-state index contributed by atoms with van der Waals surface area (Å²) in [6, 6.07) is 0.442. The maximum Gasteiger partial charge on any atom is 0.191 e. The molecule has 0 aromatic carbocycles. The second-order valence-electron chi connectivity index (χ2n) is 3.98. The first-order valence-electron chi connectivity index (χ1n) is 5.02. The first kappa shape index (κ1) is 8.81. The molecule has 4 heteroatoms. The Morgan fingerprint density at radius 2 is 1.92 bits per heavy atom. The summed E-state index contributed by atoms with van der Waals surface area (Å²) in [4.78, 5) is 6.38. The first-order chi connectivity index (χ1) is 6.25. The molecular weight excluding hydrogens is 166 g/mol. The van der Waals surface area contributed by atoms with Crippen LogP contribution in [0.1, 0.15) is 25.7 Å². The number of aliphatic hydroxyl groups excluding tert-OH is 1. The lowest BCUT2D eigenvalue weighted by Crippen LogP contribution is -2.56. The molecule has 0 unspecified atom stereocenters. The van der Waals surface area contributed by atoms with Gasteiger partial charge in [0, 0.05) is 13.1 Å². The quantitative estimate of drug-likeness (QED) is 0.441. The van der Waals surface area contributed by atoms with E-state index < -0.39 is 0 Å². The van der Waals surface area contributed by atoms with Crippen molar-refractivity contribution < 1.29 is 5.11 Å². The lowest BCUT2D eigenvalue weighted by atomic mass is 10.2. The average molecular weight is 183 g/mol. The number of hydrogen-bond acceptors (Lipinski definition) is 2. The summed E-state index contributed by atoms with van der Waals surface area (Å²) in [7, 11) is 0. The molecule has 13 heavy (non-hydrogen) atoms. The predicted octanol–water partition coefficient (Wildman–Crippen LogP) is -0.0798. The Bertz CT molecular complexity index is 205. The van der Waals surface area contributed by atoms with Gasteiger partial charge in [-0.15, -0.1) is 0 Å². The fourth-order valence-corrected chi connectivity index (χ4v) is 1.94. The number of aliphatic hydroxyl groups is 1. The van der Waals surface area contributed by atoms with Crippen LogP contribution in [0, 0.1) is 0 Å². The minimum absolute atomic E-state index is 0.197. The van der Waals surface area contributed by atoms with Crippen molar-refractivity contribution >= 4 is 5.96 Å². The number of likely N-dealkylation sites (tertiary alicyclic amines) is 1. The lowest BCUT2D eigenvalue weighted by Gasteiger charge is -2.36. The zero-order valence-corrected chi connectivity index (χ0v) is 7.82. The van der Waals surface area contributed by atoms with E-state index in [1.807, 2.05) is 4.90 Å². The highest BCUT2D eigenvalue weighted by molar-refractivity contribution is 5.79. The van der Waals surface area contributed by atoms with E-state index in [0.717, 1.165) is 0 Å². The molecule has 1 aliphatic carbocycles. The Balaban J connectivity index is 1.84. The van der Waals surface area contributed by atoms with Gasteiger partial charge in [0.15, 0.2) is 5.96 Å². The highest BCUT2D eigenvalue weighted by Gasteiger charge is 2.26. The van der Waals surface area contributed by atoms with Gasteiger partial charge in [0.05, 0.1) is 12.1 Å². The molecule has 0 atom stereocenters. The minimum atomic E-state index is -0.197. The number of aliphatic imine (C=N–C) groups is 1. The molecule has 0 radical (unpaired) electrons. The van der Waals surface area contributed by atoms with Crippen molar-refractivity contribution in [1.29, 1.82) is 0 Å². The summed E-state index contributed by atoms with van der Waals surface area (Å²) in [5, 5.41) is 9.08. The third kappa shape index (κ3) is 1.94. The number of rotatable bonds is 1. The number of nitrogens with zero attached hydrogens (tertiary/aromatic N) is 2. The molecule has 1 aliphatic heterocycles. The maximum absolute atomic E-state index is 9.08. The molecule has 0 bridgehead atoms. The van der Waals surface area contributed by atoms with Gasteiger partial charge in [0.2, 0.25) is 0 Å². The molecule has 4 nitrogen and oxygen atoms in total. The Hall–Kier alpha value is -0.770. The second kappa shape index (κ2) is 3.54. The van der Waals surface area contributed by atoms with Crippen molar-refractivity contribution in [3.8, 4) is 0 Å². The Labute approximate surface area is 78.4 Å². The highest BCUT2D eigenvalue weighted by Crippen LogP contribution is 2.21. The van der Waals surface area contributed by atoms with E-state index in [4.69, 9.17) is 10.8 Å². The summed E-state index contributed by atoms with van der Waals surface area (Å²) in [5.74, 6) is 0.622. The van der Waals surface area contributed by atoms with Gasteiger partial charge >= 0.3 is 0 Å². The van der Waals surface area contributed by atoms with E-state index in [2.05, 4.69) is 4.99 Å². The van der Waals surface area contributed by atoms with Crippen LogP contribution in [0.15, 0.2) is 4.99 Å². The van der Waals surface area contributed by atoms with Gasteiger partial charge in [-0.3, -0.25) is 0 Å². The highest BCUT2D eigenvalue weighted by atomic mass is 16.3. The van der Waals surface area contributed by atoms with E-state index in [0.29, 0.717) is 25.1 Å². The topological polar surface area (TPSA) is 61.8 Å². The SMILES string of the molecule is NC(=NC1CCCC1)N1CC(O)C1. The second-order valence-corrected chi connectivity index (χ2v) is 3.98. The summed E-state index contributed by atoms with van der Waals surface area (Å²) in [6.45, 7) is 1.31. The molecule has 0 aromatic rings. The van der Waals surface area contributed by atoms with E-state index in [1.165, 1.54) is 25.7 Å². The normalized spacial score (nSPS) is 26.5. The summed E-state index contributed by atoms with van der Waals surface area (Å²) >= 11 is 0. The predicted molar refractivity (Wildman–Crippen MR) is 51.5 cm³/mol. The van der Waals surface area contributed by atoms with Crippen molar-refractivity contribution in [2.24, 2.45) is 10.7 Å². The van der Waals surface area contributed by atoms with Gasteiger partial charge in [0.1, 0.15) is 0 Å². The van der Waals surface area contributed by atoms with Crippen molar-refractivity contribution in [2.45, 2.75) is 37.8 Å². The minimum Gasteiger partial charge on any atom is -0.389 e. The zero-order chi connectivity index (χ0) is 9.26. The van der Waals surface area contributed by atoms with Gasteiger partial charge in [-0.05, 0) is 12.8 Å². The molecule has 0 aromatic heterocycles. The molecule has 1 saturated heterocycles. The summed E-state index contributed by atoms with van der Waals surface area (Å²) in [6.07, 6.45) is 4.72. The first-order valence-corrected chi connectivity index (χ1v) is 5.02. The van der Waals surface area contributed by atoms with Crippen molar-refractivity contribution in [2.75, 3.05) is 13.1 Å². The summed E-state index contributed by atoms with van der Waals surface area (Å²) < 4.78 is 0. The van der Waals surface area contributed by atoms with Crippen molar-refractivity contribution in [3.63, 3.8) is 0 Å². The number of β-amino-alcohol motifs (C(OH)–C–C–N with tert-alkyl or cyclic N) is 1. The largest absolute Gasteiger partial charge is 0.389 e. The molecule has 1 saturated carbocycles. The summed E-state index contributed by atoms with van der Waals surface area (Å²) in [5.41, 5.74) is 5.79.